The van der Waals surface area contributed by atoms with Gasteiger partial charge in [0.25, 0.3) is 5.91 Å². The highest BCUT2D eigenvalue weighted by molar-refractivity contribution is 5.95. The minimum absolute atomic E-state index is 0.142. The first kappa shape index (κ1) is 20.2. The Morgan fingerprint density at radius 1 is 1.14 bits per heavy atom. The first-order valence-corrected chi connectivity index (χ1v) is 9.01. The van der Waals surface area contributed by atoms with E-state index in [0.29, 0.717) is 23.0 Å². The lowest BCUT2D eigenvalue weighted by Crippen LogP contribution is -2.26. The molecular formula is C20H21FN6O2. The molecule has 8 nitrogen and oxygen atoms in total. The summed E-state index contributed by atoms with van der Waals surface area (Å²) in [5.41, 5.74) is 1.22. The molecule has 1 atom stereocenters. The maximum atomic E-state index is 13.2. The lowest BCUT2D eigenvalue weighted by molar-refractivity contribution is 0.0944. The number of hydrogen-bond acceptors (Lipinski definition) is 7. The Labute approximate surface area is 167 Å². The second kappa shape index (κ2) is 9.56. The molecule has 1 unspecified atom stereocenters. The Bertz CT molecular complexity index is 953. The fourth-order valence-corrected chi connectivity index (χ4v) is 2.62. The Morgan fingerprint density at radius 3 is 2.59 bits per heavy atom. The number of nitrogens with zero attached hydrogens (tertiary/aromatic N) is 3. The van der Waals surface area contributed by atoms with Gasteiger partial charge in [-0.15, -0.1) is 0 Å². The molecule has 0 bridgehead atoms. The highest BCUT2D eigenvalue weighted by atomic mass is 19.1. The number of aliphatic hydroxyl groups is 1. The van der Waals surface area contributed by atoms with Crippen molar-refractivity contribution in [3.8, 4) is 0 Å². The van der Waals surface area contributed by atoms with E-state index in [2.05, 4.69) is 30.9 Å². The maximum Gasteiger partial charge on any atom is 0.251 e. The lowest BCUT2D eigenvalue weighted by atomic mass is 10.1. The molecule has 2 aromatic heterocycles. The van der Waals surface area contributed by atoms with Crippen molar-refractivity contribution in [2.24, 2.45) is 0 Å². The van der Waals surface area contributed by atoms with Crippen LogP contribution >= 0.6 is 0 Å². The third-order valence-electron chi connectivity index (χ3n) is 4.04. The van der Waals surface area contributed by atoms with E-state index in [1.54, 1.807) is 30.5 Å². The van der Waals surface area contributed by atoms with E-state index in [9.17, 15) is 9.18 Å². The van der Waals surface area contributed by atoms with Crippen LogP contribution in [0.1, 0.15) is 28.9 Å². The van der Waals surface area contributed by atoms with Gasteiger partial charge in [-0.1, -0.05) is 12.1 Å². The van der Waals surface area contributed by atoms with E-state index >= 15 is 0 Å². The van der Waals surface area contributed by atoms with Gasteiger partial charge in [0.05, 0.1) is 12.8 Å². The standard InChI is InChI=1S/C20H21FN6O2/c1-13(14-2-4-16(21)5-3-14)25-17-10-15(20(29)24-8-9-28)11-18(26-17)27-19-12-22-6-7-23-19/h2-7,10-13,28H,8-9H2,1H3,(H,24,29)(H2,23,25,26,27). The number of rotatable bonds is 8. The molecule has 1 aromatic carbocycles. The summed E-state index contributed by atoms with van der Waals surface area (Å²) in [6.07, 6.45) is 4.62. The molecule has 0 aliphatic rings. The number of halogens is 1. The number of nitrogens with one attached hydrogen (secondary N) is 3. The topological polar surface area (TPSA) is 112 Å². The molecular weight excluding hydrogens is 375 g/mol. The van der Waals surface area contributed by atoms with Crippen LogP contribution in [0.4, 0.5) is 21.8 Å². The molecule has 0 spiro atoms. The van der Waals surface area contributed by atoms with Gasteiger partial charge in [-0.05, 0) is 36.8 Å². The van der Waals surface area contributed by atoms with Gasteiger partial charge in [-0.3, -0.25) is 9.78 Å². The van der Waals surface area contributed by atoms with Gasteiger partial charge >= 0.3 is 0 Å². The summed E-state index contributed by atoms with van der Waals surface area (Å²) in [5, 5.41) is 17.8. The van der Waals surface area contributed by atoms with E-state index in [-0.39, 0.29) is 30.9 Å². The van der Waals surface area contributed by atoms with Crippen molar-refractivity contribution in [2.45, 2.75) is 13.0 Å². The monoisotopic (exact) mass is 396 g/mol. The summed E-state index contributed by atoms with van der Waals surface area (Å²) in [6.45, 7) is 1.89. The molecule has 0 radical (unpaired) electrons. The molecule has 4 N–H and O–H groups in total. The number of benzene rings is 1. The number of carbonyl (C=O) groups excluding carboxylic acids is 1. The van der Waals surface area contributed by atoms with E-state index in [0.717, 1.165) is 5.56 Å². The largest absolute Gasteiger partial charge is 0.395 e. The van der Waals surface area contributed by atoms with Gasteiger partial charge in [0.15, 0.2) is 0 Å². The first-order chi connectivity index (χ1) is 14.0. The zero-order chi connectivity index (χ0) is 20.6. The van der Waals surface area contributed by atoms with E-state index < -0.39 is 0 Å². The number of anilines is 3. The van der Waals surface area contributed by atoms with Crippen LogP contribution in [0.2, 0.25) is 0 Å². The number of pyridine rings is 1. The SMILES string of the molecule is CC(Nc1cc(C(=O)NCCO)cc(Nc2cnccn2)n1)c1ccc(F)cc1. The normalized spacial score (nSPS) is 11.6. The number of aromatic nitrogens is 3. The summed E-state index contributed by atoms with van der Waals surface area (Å²) in [5.74, 6) is 0.671. The Kier molecular flexibility index (Phi) is 6.64. The quantitative estimate of drug-likeness (QED) is 0.463. The van der Waals surface area contributed by atoms with Gasteiger partial charge in [0, 0.05) is 30.5 Å². The number of aliphatic hydroxyl groups excluding tert-OH is 1. The fourth-order valence-electron chi connectivity index (χ4n) is 2.62. The van der Waals surface area contributed by atoms with Crippen molar-refractivity contribution in [2.75, 3.05) is 23.8 Å². The summed E-state index contributed by atoms with van der Waals surface area (Å²) in [7, 11) is 0. The molecule has 2 heterocycles. The number of hydrogen-bond donors (Lipinski definition) is 4. The van der Waals surface area contributed by atoms with Gasteiger partial charge in [0.1, 0.15) is 23.3 Å². The van der Waals surface area contributed by atoms with Crippen molar-refractivity contribution < 1.29 is 14.3 Å². The van der Waals surface area contributed by atoms with Crippen LogP contribution in [0.5, 0.6) is 0 Å². The second-order valence-electron chi connectivity index (χ2n) is 6.24. The minimum atomic E-state index is -0.346. The third kappa shape index (κ3) is 5.69. The molecule has 1 amide bonds. The van der Waals surface area contributed by atoms with Crippen LogP contribution in [0.15, 0.2) is 55.0 Å². The molecule has 0 fully saturated rings. The average molecular weight is 396 g/mol. The maximum absolute atomic E-state index is 13.2. The molecule has 3 rings (SSSR count). The van der Waals surface area contributed by atoms with Crippen molar-refractivity contribution >= 4 is 23.4 Å². The highest BCUT2D eigenvalue weighted by Crippen LogP contribution is 2.22. The summed E-state index contributed by atoms with van der Waals surface area (Å²) < 4.78 is 13.2. The van der Waals surface area contributed by atoms with E-state index in [1.165, 1.54) is 24.5 Å². The van der Waals surface area contributed by atoms with Gasteiger partial charge in [0.2, 0.25) is 0 Å². The van der Waals surface area contributed by atoms with Crippen LogP contribution in [0, 0.1) is 5.82 Å². The zero-order valence-electron chi connectivity index (χ0n) is 15.8. The molecule has 0 saturated carbocycles. The van der Waals surface area contributed by atoms with E-state index in [1.807, 2.05) is 6.92 Å². The zero-order valence-corrected chi connectivity index (χ0v) is 15.8. The summed E-state index contributed by atoms with van der Waals surface area (Å²) >= 11 is 0. The van der Waals surface area contributed by atoms with E-state index in [4.69, 9.17) is 5.11 Å². The predicted octanol–water partition coefficient (Wildman–Crippen LogP) is 2.65. The summed E-state index contributed by atoms with van der Waals surface area (Å²) in [6, 6.07) is 9.15. The first-order valence-electron chi connectivity index (χ1n) is 9.01. The van der Waals surface area contributed by atoms with Crippen LogP contribution < -0.4 is 16.0 Å². The van der Waals surface area contributed by atoms with Crippen LogP contribution in [-0.4, -0.2) is 39.1 Å². The molecule has 3 aromatic rings. The second-order valence-corrected chi connectivity index (χ2v) is 6.24. The van der Waals surface area contributed by atoms with Gasteiger partial charge in [-0.2, -0.15) is 0 Å². The molecule has 0 aliphatic carbocycles. The minimum Gasteiger partial charge on any atom is -0.395 e. The van der Waals surface area contributed by atoms with Crippen molar-refractivity contribution in [1.29, 1.82) is 0 Å². The smallest absolute Gasteiger partial charge is 0.251 e. The molecule has 0 saturated heterocycles. The molecule has 150 valence electrons. The highest BCUT2D eigenvalue weighted by Gasteiger charge is 2.13. The van der Waals surface area contributed by atoms with Crippen LogP contribution in [0.25, 0.3) is 0 Å². The number of amides is 1. The lowest BCUT2D eigenvalue weighted by Gasteiger charge is -2.17. The Morgan fingerprint density at radius 2 is 1.90 bits per heavy atom. The van der Waals surface area contributed by atoms with Crippen molar-refractivity contribution in [3.63, 3.8) is 0 Å². The van der Waals surface area contributed by atoms with Crippen molar-refractivity contribution in [1.82, 2.24) is 20.3 Å². The predicted molar refractivity (Wildman–Crippen MR) is 107 cm³/mol. The Hall–Kier alpha value is -3.59. The number of carbonyl (C=O) groups is 1. The average Bonchev–Trinajstić information content (AvgIpc) is 2.73. The van der Waals surface area contributed by atoms with Crippen molar-refractivity contribution in [3.05, 3.63) is 71.9 Å². The van der Waals surface area contributed by atoms with Crippen LogP contribution in [-0.2, 0) is 0 Å². The summed E-state index contributed by atoms with van der Waals surface area (Å²) in [4.78, 5) is 25.0. The fraction of sp³-hybridized carbons (Fsp3) is 0.200. The van der Waals surface area contributed by atoms with Gasteiger partial charge in [-0.25, -0.2) is 14.4 Å². The molecule has 29 heavy (non-hydrogen) atoms. The van der Waals surface area contributed by atoms with Crippen LogP contribution in [0.3, 0.4) is 0 Å². The molecule has 9 heteroatoms. The molecule has 0 aliphatic heterocycles. The van der Waals surface area contributed by atoms with Gasteiger partial charge < -0.3 is 21.1 Å². The Balaban J connectivity index is 1.86. The third-order valence-corrected chi connectivity index (χ3v) is 4.04.